The predicted molar refractivity (Wildman–Crippen MR) is 62.5 cm³/mol. The van der Waals surface area contributed by atoms with Crippen LogP contribution in [0, 0.1) is 28.4 Å². The maximum Gasteiger partial charge on any atom is 0.272 e. The largest absolute Gasteiger partial charge is 0.419 e. The number of hydrogen-bond acceptors (Lipinski definition) is 6. The average Bonchev–Trinajstić information content (AvgIpc) is 2.70. The molecule has 0 unspecified atom stereocenters. The highest BCUT2D eigenvalue weighted by Crippen LogP contribution is 2.27. The highest BCUT2D eigenvalue weighted by molar-refractivity contribution is 5.61. The molecule has 0 radical (unpaired) electrons. The zero-order valence-electron chi connectivity index (χ0n) is 9.38. The number of nitriles is 1. The van der Waals surface area contributed by atoms with Gasteiger partial charge in [0.15, 0.2) is 0 Å². The maximum absolute atomic E-state index is 10.7. The monoisotopic (exact) mass is 244 g/mol. The Balaban J connectivity index is 2.49. The summed E-state index contributed by atoms with van der Waals surface area (Å²) in [7, 11) is 0. The summed E-state index contributed by atoms with van der Waals surface area (Å²) in [5.74, 6) is 0.102. The first-order chi connectivity index (χ1) is 8.52. The van der Waals surface area contributed by atoms with E-state index < -0.39 is 4.92 Å². The molecule has 2 rings (SSSR count). The second-order valence-corrected chi connectivity index (χ2v) is 3.60. The lowest BCUT2D eigenvalue weighted by atomic mass is 10.1. The molecule has 0 fully saturated rings. The summed E-state index contributed by atoms with van der Waals surface area (Å²) in [4.78, 5) is 14.1. The van der Waals surface area contributed by atoms with Gasteiger partial charge < -0.3 is 10.2 Å². The van der Waals surface area contributed by atoms with Crippen LogP contribution in [0.15, 0.2) is 22.6 Å². The van der Waals surface area contributed by atoms with E-state index in [4.69, 9.17) is 15.4 Å². The maximum atomic E-state index is 10.7. The summed E-state index contributed by atoms with van der Waals surface area (Å²) in [6.45, 7) is 1.61. The molecule has 0 amide bonds. The molecule has 1 aromatic heterocycles. The summed E-state index contributed by atoms with van der Waals surface area (Å²) < 4.78 is 5.12. The van der Waals surface area contributed by atoms with Gasteiger partial charge in [-0.3, -0.25) is 10.1 Å². The van der Waals surface area contributed by atoms with Gasteiger partial charge in [0, 0.05) is 17.2 Å². The molecule has 2 aromatic rings. The van der Waals surface area contributed by atoms with Crippen molar-refractivity contribution in [3.63, 3.8) is 0 Å². The molecule has 18 heavy (non-hydrogen) atoms. The smallest absolute Gasteiger partial charge is 0.272 e. The third kappa shape index (κ3) is 1.87. The summed E-state index contributed by atoms with van der Waals surface area (Å²) >= 11 is 0. The molecular formula is C11H8N4O3. The van der Waals surface area contributed by atoms with E-state index in [1.54, 1.807) is 19.1 Å². The second kappa shape index (κ2) is 4.18. The molecular weight excluding hydrogens is 236 g/mol. The van der Waals surface area contributed by atoms with Crippen LogP contribution in [0.5, 0.6) is 0 Å². The van der Waals surface area contributed by atoms with E-state index in [0.29, 0.717) is 11.1 Å². The molecule has 7 nitrogen and oxygen atoms in total. The number of nitro groups is 1. The number of anilines is 1. The molecule has 90 valence electrons. The fourth-order valence-electron chi connectivity index (χ4n) is 1.53. The van der Waals surface area contributed by atoms with E-state index in [1.165, 1.54) is 12.1 Å². The fraction of sp³-hybridized carbons (Fsp3) is 0.0909. The first-order valence-corrected chi connectivity index (χ1v) is 4.94. The summed E-state index contributed by atoms with van der Waals surface area (Å²) in [5, 5.41) is 19.4. The minimum atomic E-state index is -0.469. The first kappa shape index (κ1) is 11.6. The van der Waals surface area contributed by atoms with Crippen LogP contribution in [0.25, 0.3) is 11.5 Å². The molecule has 0 atom stereocenters. The van der Waals surface area contributed by atoms with E-state index in [2.05, 4.69) is 4.98 Å². The van der Waals surface area contributed by atoms with Crippen LogP contribution in [0.3, 0.4) is 0 Å². The molecule has 0 saturated heterocycles. The van der Waals surface area contributed by atoms with Gasteiger partial charge >= 0.3 is 0 Å². The lowest BCUT2D eigenvalue weighted by Crippen LogP contribution is -1.91. The normalized spacial score (nSPS) is 10.0. The van der Waals surface area contributed by atoms with Crippen LogP contribution in [-0.2, 0) is 0 Å². The van der Waals surface area contributed by atoms with Crippen molar-refractivity contribution < 1.29 is 9.34 Å². The Morgan fingerprint density at radius 3 is 2.78 bits per heavy atom. The molecule has 0 aliphatic rings. The quantitative estimate of drug-likeness (QED) is 0.637. The highest BCUT2D eigenvalue weighted by atomic mass is 16.6. The number of oxazole rings is 1. The number of hydrogen-bond donors (Lipinski definition) is 1. The Morgan fingerprint density at radius 2 is 2.28 bits per heavy atom. The van der Waals surface area contributed by atoms with Gasteiger partial charge in [0.1, 0.15) is 6.07 Å². The second-order valence-electron chi connectivity index (χ2n) is 3.60. The van der Waals surface area contributed by atoms with Gasteiger partial charge in [-0.25, -0.2) is 0 Å². The number of aryl methyl sites for hydroxylation is 1. The van der Waals surface area contributed by atoms with Crippen molar-refractivity contribution in [2.45, 2.75) is 6.92 Å². The summed E-state index contributed by atoms with van der Waals surface area (Å²) in [6, 6.07) is 6.21. The fourth-order valence-corrected chi connectivity index (χ4v) is 1.53. The zero-order chi connectivity index (χ0) is 13.3. The van der Waals surface area contributed by atoms with Gasteiger partial charge in [-0.2, -0.15) is 10.2 Å². The van der Waals surface area contributed by atoms with E-state index in [-0.39, 0.29) is 23.2 Å². The van der Waals surface area contributed by atoms with Crippen molar-refractivity contribution in [1.29, 1.82) is 5.26 Å². The van der Waals surface area contributed by atoms with Crippen LogP contribution in [0.1, 0.15) is 11.3 Å². The van der Waals surface area contributed by atoms with Crippen molar-refractivity contribution in [3.8, 4) is 17.5 Å². The number of benzene rings is 1. The molecule has 0 bridgehead atoms. The number of rotatable bonds is 2. The molecule has 1 heterocycles. The highest BCUT2D eigenvalue weighted by Gasteiger charge is 2.15. The molecule has 7 heteroatoms. The van der Waals surface area contributed by atoms with Crippen LogP contribution in [0.4, 0.5) is 11.6 Å². The van der Waals surface area contributed by atoms with Gasteiger partial charge in [0.25, 0.3) is 5.69 Å². The number of nitrogens with zero attached hydrogens (tertiary/aromatic N) is 3. The first-order valence-electron chi connectivity index (χ1n) is 4.94. The van der Waals surface area contributed by atoms with Crippen molar-refractivity contribution in [2.24, 2.45) is 0 Å². The third-order valence-corrected chi connectivity index (χ3v) is 2.40. The van der Waals surface area contributed by atoms with Gasteiger partial charge in [-0.05, 0) is 19.1 Å². The molecule has 0 spiro atoms. The number of nitro benzene ring substituents is 1. The summed E-state index contributed by atoms with van der Waals surface area (Å²) in [6.07, 6.45) is 0. The van der Waals surface area contributed by atoms with Gasteiger partial charge in [-0.1, -0.05) is 0 Å². The molecule has 0 aliphatic carbocycles. The van der Waals surface area contributed by atoms with Crippen molar-refractivity contribution in [3.05, 3.63) is 39.6 Å². The molecule has 2 N–H and O–H groups in total. The van der Waals surface area contributed by atoms with E-state index in [0.717, 1.165) is 0 Å². The Bertz CT molecular complexity index is 669. The van der Waals surface area contributed by atoms with Gasteiger partial charge in [-0.15, -0.1) is 0 Å². The number of nitrogens with two attached hydrogens (primary N) is 1. The topological polar surface area (TPSA) is 119 Å². The zero-order valence-corrected chi connectivity index (χ0v) is 9.38. The Kier molecular flexibility index (Phi) is 2.69. The molecule has 0 aliphatic heterocycles. The molecule has 1 aromatic carbocycles. The minimum absolute atomic E-state index is 0.000931. The number of nitrogen functional groups attached to an aromatic ring is 1. The Hall–Kier alpha value is -2.88. The standard InChI is InChI=1S/C11H8N4O3/c1-6-4-7(2-3-9(6)15(16)17)11-14-8(5-12)10(13)18-11/h2-4H,13H2,1H3. The lowest BCUT2D eigenvalue weighted by Gasteiger charge is -1.99. The van der Waals surface area contributed by atoms with Crippen LogP contribution >= 0.6 is 0 Å². The Morgan fingerprint density at radius 1 is 1.56 bits per heavy atom. The molecule has 0 saturated carbocycles. The van der Waals surface area contributed by atoms with E-state index >= 15 is 0 Å². The van der Waals surface area contributed by atoms with Crippen LogP contribution in [-0.4, -0.2) is 9.91 Å². The predicted octanol–water partition coefficient (Wildman–Crippen LogP) is 2.01. The third-order valence-electron chi connectivity index (χ3n) is 2.40. The van der Waals surface area contributed by atoms with Crippen molar-refractivity contribution in [1.82, 2.24) is 4.98 Å². The Labute approximate surface area is 102 Å². The van der Waals surface area contributed by atoms with E-state index in [9.17, 15) is 10.1 Å². The van der Waals surface area contributed by atoms with Gasteiger partial charge in [0.05, 0.1) is 4.92 Å². The number of aromatic nitrogens is 1. The van der Waals surface area contributed by atoms with Gasteiger partial charge in [0.2, 0.25) is 17.5 Å². The van der Waals surface area contributed by atoms with Crippen molar-refractivity contribution in [2.75, 3.05) is 5.73 Å². The SMILES string of the molecule is Cc1cc(-c2nc(C#N)c(N)o2)ccc1[N+](=O)[O-]. The van der Waals surface area contributed by atoms with Crippen LogP contribution in [0.2, 0.25) is 0 Å². The average molecular weight is 244 g/mol. The lowest BCUT2D eigenvalue weighted by molar-refractivity contribution is -0.385. The minimum Gasteiger partial charge on any atom is -0.419 e. The summed E-state index contributed by atoms with van der Waals surface area (Å²) in [5.41, 5.74) is 6.47. The van der Waals surface area contributed by atoms with Crippen molar-refractivity contribution >= 4 is 11.6 Å². The van der Waals surface area contributed by atoms with Crippen LogP contribution < -0.4 is 5.73 Å². The van der Waals surface area contributed by atoms with E-state index in [1.807, 2.05) is 0 Å².